The molecule has 2 fully saturated rings. The molecule has 1 aromatic carbocycles. The van der Waals surface area contributed by atoms with E-state index in [0.29, 0.717) is 31.0 Å². The van der Waals surface area contributed by atoms with Crippen molar-refractivity contribution < 1.29 is 23.8 Å². The lowest BCUT2D eigenvalue weighted by molar-refractivity contribution is -0.140. The quantitative estimate of drug-likeness (QED) is 0.769. The second-order valence-corrected chi connectivity index (χ2v) is 5.73. The summed E-state index contributed by atoms with van der Waals surface area (Å²) < 4.78 is 15.5. The molecule has 2 aliphatic heterocycles. The number of β-lactam (4-membered cyclic amide) rings is 1. The number of hydrogen-bond donors (Lipinski definition) is 0. The van der Waals surface area contributed by atoms with E-state index >= 15 is 0 Å². The van der Waals surface area contributed by atoms with Gasteiger partial charge >= 0.3 is 6.09 Å². The van der Waals surface area contributed by atoms with Crippen LogP contribution in [0.4, 0.5) is 10.5 Å². The van der Waals surface area contributed by atoms with Crippen molar-refractivity contribution in [3.8, 4) is 5.75 Å². The number of methoxy groups -OCH3 is 2. The van der Waals surface area contributed by atoms with E-state index in [0.717, 1.165) is 5.69 Å². The van der Waals surface area contributed by atoms with Crippen LogP contribution < -0.4 is 9.64 Å². The molecule has 0 radical (unpaired) electrons. The first kappa shape index (κ1) is 16.3. The van der Waals surface area contributed by atoms with E-state index in [9.17, 15) is 9.59 Å². The van der Waals surface area contributed by atoms with Gasteiger partial charge in [0.15, 0.2) is 6.10 Å². The van der Waals surface area contributed by atoms with Crippen LogP contribution in [0.25, 0.3) is 0 Å². The molecular weight excluding hydrogens is 312 g/mol. The van der Waals surface area contributed by atoms with E-state index < -0.39 is 12.2 Å². The minimum Gasteiger partial charge on any atom is -0.497 e. The van der Waals surface area contributed by atoms with Crippen LogP contribution in [0.15, 0.2) is 36.6 Å². The first-order valence-corrected chi connectivity index (χ1v) is 7.69. The number of anilines is 1. The lowest BCUT2D eigenvalue weighted by Gasteiger charge is -2.47. The second kappa shape index (κ2) is 6.52. The molecule has 0 aromatic heterocycles. The predicted octanol–water partition coefficient (Wildman–Crippen LogP) is 1.78. The van der Waals surface area contributed by atoms with Gasteiger partial charge in [0.05, 0.1) is 13.2 Å². The predicted molar refractivity (Wildman–Crippen MR) is 86.9 cm³/mol. The largest absolute Gasteiger partial charge is 0.497 e. The maximum Gasteiger partial charge on any atom is 0.414 e. The maximum atomic E-state index is 12.4. The fourth-order valence-corrected chi connectivity index (χ4v) is 3.00. The number of carbonyl (C=O) groups excluding carboxylic acids is 2. The van der Waals surface area contributed by atoms with Crippen LogP contribution in [0, 0.1) is 0 Å². The summed E-state index contributed by atoms with van der Waals surface area (Å²) in [6.07, 6.45) is -0.410. The third-order valence-corrected chi connectivity index (χ3v) is 4.32. The molecule has 2 heterocycles. The highest BCUT2D eigenvalue weighted by molar-refractivity contribution is 6.05. The summed E-state index contributed by atoms with van der Waals surface area (Å²) in [4.78, 5) is 27.5. The molecule has 2 atom stereocenters. The van der Waals surface area contributed by atoms with Gasteiger partial charge in [-0.2, -0.15) is 0 Å². The maximum absolute atomic E-state index is 12.4. The van der Waals surface area contributed by atoms with Gasteiger partial charge in [-0.25, -0.2) is 4.79 Å². The third-order valence-electron chi connectivity index (χ3n) is 4.32. The first-order valence-electron chi connectivity index (χ1n) is 7.69. The fourth-order valence-electron chi connectivity index (χ4n) is 3.00. The van der Waals surface area contributed by atoms with E-state index in [1.807, 2.05) is 12.1 Å². The molecule has 0 aliphatic carbocycles. The fraction of sp³-hybridized carbons (Fsp3) is 0.412. The van der Waals surface area contributed by atoms with Crippen LogP contribution in [0.2, 0.25) is 0 Å². The first-order chi connectivity index (χ1) is 11.5. The SMILES string of the molecule is C=C1CCN(C[C@H]2[C@@H](OC)C(=O)N2c2ccc(OC)cc2)C(=O)O1. The lowest BCUT2D eigenvalue weighted by Crippen LogP contribution is -2.69. The number of rotatable bonds is 5. The van der Waals surface area contributed by atoms with Gasteiger partial charge in [-0.05, 0) is 24.3 Å². The van der Waals surface area contributed by atoms with Gasteiger partial charge < -0.3 is 24.0 Å². The summed E-state index contributed by atoms with van der Waals surface area (Å²) in [6, 6.07) is 6.95. The van der Waals surface area contributed by atoms with Gasteiger partial charge in [-0.15, -0.1) is 0 Å². The standard InChI is InChI=1S/C17H20N2O5/c1-11-8-9-18(17(21)24-11)10-14-15(23-3)16(20)19(14)12-4-6-13(22-2)7-5-12/h4-7,14-15H,1,8-10H2,2-3H3/t14-,15+/m0/s1. The molecule has 128 valence electrons. The number of benzene rings is 1. The molecule has 2 aliphatic rings. The smallest absolute Gasteiger partial charge is 0.414 e. The molecule has 7 nitrogen and oxygen atoms in total. The molecule has 2 amide bonds. The van der Waals surface area contributed by atoms with Gasteiger partial charge in [-0.3, -0.25) is 4.79 Å². The van der Waals surface area contributed by atoms with Crippen molar-refractivity contribution in [2.75, 3.05) is 32.2 Å². The van der Waals surface area contributed by atoms with Crippen molar-refractivity contribution in [3.63, 3.8) is 0 Å². The van der Waals surface area contributed by atoms with Crippen LogP contribution in [-0.2, 0) is 14.3 Å². The van der Waals surface area contributed by atoms with Crippen molar-refractivity contribution in [1.82, 2.24) is 4.90 Å². The molecule has 3 rings (SSSR count). The zero-order chi connectivity index (χ0) is 17.3. The van der Waals surface area contributed by atoms with Gasteiger partial charge in [0.2, 0.25) is 0 Å². The molecule has 0 saturated carbocycles. The zero-order valence-electron chi connectivity index (χ0n) is 13.7. The van der Waals surface area contributed by atoms with Crippen LogP contribution in [0.3, 0.4) is 0 Å². The number of cyclic esters (lactones) is 1. The highest BCUT2D eigenvalue weighted by Crippen LogP contribution is 2.32. The van der Waals surface area contributed by atoms with Gasteiger partial charge in [-0.1, -0.05) is 6.58 Å². The molecule has 0 spiro atoms. The van der Waals surface area contributed by atoms with Gasteiger partial charge in [0.25, 0.3) is 5.91 Å². The summed E-state index contributed by atoms with van der Waals surface area (Å²) in [6.45, 7) is 4.54. The number of ether oxygens (including phenoxy) is 3. The number of amides is 2. The summed E-state index contributed by atoms with van der Waals surface area (Å²) in [5.74, 6) is 1.06. The van der Waals surface area contributed by atoms with E-state index in [4.69, 9.17) is 14.2 Å². The highest BCUT2D eigenvalue weighted by atomic mass is 16.6. The Hall–Kier alpha value is -2.54. The molecular formula is C17H20N2O5. The van der Waals surface area contributed by atoms with Crippen molar-refractivity contribution >= 4 is 17.7 Å². The molecule has 7 heteroatoms. The number of carbonyl (C=O) groups is 2. The Morgan fingerprint density at radius 1 is 1.25 bits per heavy atom. The molecule has 1 aromatic rings. The molecule has 0 bridgehead atoms. The number of nitrogens with zero attached hydrogens (tertiary/aromatic N) is 2. The highest BCUT2D eigenvalue weighted by Gasteiger charge is 2.50. The van der Waals surface area contributed by atoms with Crippen molar-refractivity contribution in [3.05, 3.63) is 36.6 Å². The van der Waals surface area contributed by atoms with Crippen molar-refractivity contribution in [2.45, 2.75) is 18.6 Å². The van der Waals surface area contributed by atoms with Gasteiger partial charge in [0.1, 0.15) is 11.5 Å². The Morgan fingerprint density at radius 2 is 1.96 bits per heavy atom. The van der Waals surface area contributed by atoms with Crippen molar-refractivity contribution in [1.29, 1.82) is 0 Å². The monoisotopic (exact) mass is 332 g/mol. The summed E-state index contributed by atoms with van der Waals surface area (Å²) in [5, 5.41) is 0. The summed E-state index contributed by atoms with van der Waals surface area (Å²) >= 11 is 0. The van der Waals surface area contributed by atoms with E-state index in [2.05, 4.69) is 6.58 Å². The number of hydrogen-bond acceptors (Lipinski definition) is 5. The molecule has 2 saturated heterocycles. The Bertz CT molecular complexity index is 657. The van der Waals surface area contributed by atoms with E-state index in [-0.39, 0.29) is 11.9 Å². The Balaban J connectivity index is 1.76. The third kappa shape index (κ3) is 2.82. The van der Waals surface area contributed by atoms with Crippen LogP contribution in [0.5, 0.6) is 5.75 Å². The van der Waals surface area contributed by atoms with Crippen LogP contribution >= 0.6 is 0 Å². The van der Waals surface area contributed by atoms with Crippen LogP contribution in [-0.4, -0.2) is 56.4 Å². The Labute approximate surface area is 140 Å². The second-order valence-electron chi connectivity index (χ2n) is 5.73. The normalized spacial score (nSPS) is 23.8. The molecule has 0 unspecified atom stereocenters. The van der Waals surface area contributed by atoms with Crippen LogP contribution in [0.1, 0.15) is 6.42 Å². The Kier molecular flexibility index (Phi) is 4.44. The van der Waals surface area contributed by atoms with Crippen molar-refractivity contribution in [2.24, 2.45) is 0 Å². The molecule has 24 heavy (non-hydrogen) atoms. The van der Waals surface area contributed by atoms with E-state index in [1.165, 1.54) is 7.11 Å². The molecule has 0 N–H and O–H groups in total. The zero-order valence-corrected chi connectivity index (χ0v) is 13.7. The minimum atomic E-state index is -0.565. The van der Waals surface area contributed by atoms with E-state index in [1.54, 1.807) is 29.0 Å². The Morgan fingerprint density at radius 3 is 2.54 bits per heavy atom. The lowest BCUT2D eigenvalue weighted by atomic mass is 9.95. The average Bonchev–Trinajstić information content (AvgIpc) is 2.57. The topological polar surface area (TPSA) is 68.3 Å². The van der Waals surface area contributed by atoms with Gasteiger partial charge in [0, 0.05) is 32.3 Å². The summed E-state index contributed by atoms with van der Waals surface area (Å²) in [7, 11) is 3.08. The average molecular weight is 332 g/mol. The summed E-state index contributed by atoms with van der Waals surface area (Å²) in [5.41, 5.74) is 0.744. The minimum absolute atomic E-state index is 0.123.